The minimum atomic E-state index is -3.66. The Morgan fingerprint density at radius 3 is 2.54 bits per heavy atom. The Hall–Kier alpha value is -2.10. The average Bonchev–Trinajstić information content (AvgIpc) is 3.34. The summed E-state index contributed by atoms with van der Waals surface area (Å²) in [5.74, 6) is 0.535. The average molecular weight is 396 g/mol. The fourth-order valence-electron chi connectivity index (χ4n) is 2.81. The highest BCUT2D eigenvalue weighted by Gasteiger charge is 2.32. The molecule has 0 aliphatic carbocycles. The van der Waals surface area contributed by atoms with Crippen molar-refractivity contribution in [3.63, 3.8) is 0 Å². The summed E-state index contributed by atoms with van der Waals surface area (Å²) in [6.07, 6.45) is 1.68. The first-order valence-corrected chi connectivity index (χ1v) is 10.4. The van der Waals surface area contributed by atoms with Crippen LogP contribution in [0.3, 0.4) is 0 Å². The Morgan fingerprint density at radius 1 is 1.15 bits per heavy atom. The number of sulfonamides is 1. The van der Waals surface area contributed by atoms with Gasteiger partial charge in [-0.3, -0.25) is 4.79 Å². The van der Waals surface area contributed by atoms with Crippen LogP contribution < -0.4 is 14.8 Å². The first-order valence-electron chi connectivity index (χ1n) is 8.08. The Bertz CT molecular complexity index is 902. The molecular formula is C17H20N2O5S2. The molecule has 1 aliphatic heterocycles. The molecule has 0 radical (unpaired) electrons. The molecule has 2 heterocycles. The maximum atomic E-state index is 12.8. The quantitative estimate of drug-likeness (QED) is 0.812. The lowest BCUT2D eigenvalue weighted by Gasteiger charge is -2.16. The molecule has 0 spiro atoms. The van der Waals surface area contributed by atoms with Crippen LogP contribution in [0, 0.1) is 0 Å². The molecule has 0 saturated carbocycles. The van der Waals surface area contributed by atoms with Crippen LogP contribution in [0.25, 0.3) is 0 Å². The molecule has 1 amide bonds. The fraction of sp³-hybridized carbons (Fsp3) is 0.353. The second kappa shape index (κ2) is 7.65. The van der Waals surface area contributed by atoms with Crippen molar-refractivity contribution in [1.29, 1.82) is 0 Å². The van der Waals surface area contributed by atoms with Crippen molar-refractivity contribution >= 4 is 33.0 Å². The highest BCUT2D eigenvalue weighted by atomic mass is 32.2. The van der Waals surface area contributed by atoms with Gasteiger partial charge in [0.05, 0.1) is 19.9 Å². The molecule has 1 fully saturated rings. The summed E-state index contributed by atoms with van der Waals surface area (Å²) in [5, 5.41) is 4.34. The van der Waals surface area contributed by atoms with E-state index in [2.05, 4.69) is 5.32 Å². The van der Waals surface area contributed by atoms with Gasteiger partial charge in [0.25, 0.3) is 5.91 Å². The summed E-state index contributed by atoms with van der Waals surface area (Å²) in [5.41, 5.74) is 0.441. The van der Waals surface area contributed by atoms with Gasteiger partial charge in [0.1, 0.15) is 21.3 Å². The van der Waals surface area contributed by atoms with E-state index < -0.39 is 15.9 Å². The van der Waals surface area contributed by atoms with Crippen molar-refractivity contribution in [3.05, 3.63) is 34.5 Å². The minimum Gasteiger partial charge on any atom is -0.497 e. The molecule has 140 valence electrons. The van der Waals surface area contributed by atoms with E-state index in [1.807, 2.05) is 0 Å². The van der Waals surface area contributed by atoms with E-state index in [1.165, 1.54) is 24.6 Å². The van der Waals surface area contributed by atoms with E-state index in [1.54, 1.807) is 23.6 Å². The van der Waals surface area contributed by atoms with Crippen LogP contribution in [-0.2, 0) is 10.0 Å². The number of amides is 1. The molecule has 0 bridgehead atoms. The molecule has 0 atom stereocenters. The standard InChI is InChI=1S/C17H20N2O5S2/c1-23-12-5-6-13(14(11-12)24-2)18-17(20)16-15(7-10-25-16)26(21,22)19-8-3-4-9-19/h5-7,10-11H,3-4,8-9H2,1-2H3,(H,18,20). The van der Waals surface area contributed by atoms with Crippen LogP contribution in [0.2, 0.25) is 0 Å². The number of hydrogen-bond donors (Lipinski definition) is 1. The molecule has 1 saturated heterocycles. The second-order valence-electron chi connectivity index (χ2n) is 5.75. The van der Waals surface area contributed by atoms with E-state index >= 15 is 0 Å². The van der Waals surface area contributed by atoms with Gasteiger partial charge >= 0.3 is 0 Å². The second-order valence-corrected chi connectivity index (χ2v) is 8.57. The Labute approximate surface area is 156 Å². The monoisotopic (exact) mass is 396 g/mol. The van der Waals surface area contributed by atoms with Crippen LogP contribution in [0.5, 0.6) is 11.5 Å². The van der Waals surface area contributed by atoms with Gasteiger partial charge in [-0.25, -0.2) is 8.42 Å². The predicted molar refractivity (Wildman–Crippen MR) is 99.8 cm³/mol. The smallest absolute Gasteiger partial charge is 0.267 e. The van der Waals surface area contributed by atoms with Gasteiger partial charge in [-0.1, -0.05) is 0 Å². The molecule has 1 aromatic carbocycles. The number of ether oxygens (including phenoxy) is 2. The molecule has 26 heavy (non-hydrogen) atoms. The number of benzene rings is 1. The number of hydrogen-bond acceptors (Lipinski definition) is 6. The maximum absolute atomic E-state index is 12.8. The third-order valence-corrected chi connectivity index (χ3v) is 7.16. The molecule has 1 N–H and O–H groups in total. The van der Waals surface area contributed by atoms with Gasteiger partial charge in [-0.05, 0) is 36.4 Å². The zero-order chi connectivity index (χ0) is 18.7. The van der Waals surface area contributed by atoms with Crippen LogP contribution in [0.15, 0.2) is 34.5 Å². The molecular weight excluding hydrogens is 376 g/mol. The number of nitrogens with one attached hydrogen (secondary N) is 1. The first kappa shape index (κ1) is 18.7. The fourth-order valence-corrected chi connectivity index (χ4v) is 5.63. The normalized spacial score (nSPS) is 15.0. The molecule has 3 rings (SSSR count). The predicted octanol–water partition coefficient (Wildman–Crippen LogP) is 2.80. The first-order chi connectivity index (χ1) is 12.5. The summed E-state index contributed by atoms with van der Waals surface area (Å²) in [7, 11) is -0.637. The van der Waals surface area contributed by atoms with Crippen LogP contribution >= 0.6 is 11.3 Å². The van der Waals surface area contributed by atoms with E-state index in [0.29, 0.717) is 30.3 Å². The summed E-state index contributed by atoms with van der Waals surface area (Å²) in [6.45, 7) is 0.983. The number of rotatable bonds is 6. The lowest BCUT2D eigenvalue weighted by Crippen LogP contribution is -2.29. The highest BCUT2D eigenvalue weighted by molar-refractivity contribution is 7.89. The van der Waals surface area contributed by atoms with E-state index in [4.69, 9.17) is 9.47 Å². The van der Waals surface area contributed by atoms with E-state index in [9.17, 15) is 13.2 Å². The van der Waals surface area contributed by atoms with Crippen molar-refractivity contribution in [3.8, 4) is 11.5 Å². The summed E-state index contributed by atoms with van der Waals surface area (Å²) < 4.78 is 37.4. The Kier molecular flexibility index (Phi) is 5.49. The largest absolute Gasteiger partial charge is 0.497 e. The van der Waals surface area contributed by atoms with E-state index in [0.717, 1.165) is 24.2 Å². The van der Waals surface area contributed by atoms with E-state index in [-0.39, 0.29) is 9.77 Å². The zero-order valence-electron chi connectivity index (χ0n) is 14.5. The molecule has 1 aliphatic rings. The van der Waals surface area contributed by atoms with Gasteiger partial charge < -0.3 is 14.8 Å². The van der Waals surface area contributed by atoms with Crippen molar-refractivity contribution < 1.29 is 22.7 Å². The number of thiophene rings is 1. The van der Waals surface area contributed by atoms with Gasteiger partial charge in [0, 0.05) is 19.2 Å². The van der Waals surface area contributed by atoms with Crippen molar-refractivity contribution in [1.82, 2.24) is 4.31 Å². The molecule has 7 nitrogen and oxygen atoms in total. The third kappa shape index (κ3) is 3.55. The molecule has 0 unspecified atom stereocenters. The summed E-state index contributed by atoms with van der Waals surface area (Å²) in [4.78, 5) is 12.9. The maximum Gasteiger partial charge on any atom is 0.267 e. The number of methoxy groups -OCH3 is 2. The SMILES string of the molecule is COc1ccc(NC(=O)c2sccc2S(=O)(=O)N2CCCC2)c(OC)c1. The Morgan fingerprint density at radius 2 is 1.88 bits per heavy atom. The van der Waals surface area contributed by atoms with Gasteiger partial charge in [0.2, 0.25) is 10.0 Å². The summed E-state index contributed by atoms with van der Waals surface area (Å²) in [6, 6.07) is 6.47. The van der Waals surface area contributed by atoms with Crippen molar-refractivity contribution in [2.45, 2.75) is 17.7 Å². The summed E-state index contributed by atoms with van der Waals surface area (Å²) >= 11 is 1.10. The number of nitrogens with zero attached hydrogens (tertiary/aromatic N) is 1. The number of carbonyl (C=O) groups is 1. The van der Waals surface area contributed by atoms with Gasteiger partial charge in [-0.15, -0.1) is 11.3 Å². The van der Waals surface area contributed by atoms with Crippen molar-refractivity contribution in [2.24, 2.45) is 0 Å². The number of carbonyl (C=O) groups excluding carboxylic acids is 1. The topological polar surface area (TPSA) is 84.9 Å². The lowest BCUT2D eigenvalue weighted by molar-refractivity contribution is 0.102. The van der Waals surface area contributed by atoms with Crippen molar-refractivity contribution in [2.75, 3.05) is 32.6 Å². The van der Waals surface area contributed by atoms with Gasteiger partial charge in [0.15, 0.2) is 0 Å². The molecule has 2 aromatic rings. The minimum absolute atomic E-state index is 0.0504. The Balaban J connectivity index is 1.87. The lowest BCUT2D eigenvalue weighted by atomic mass is 10.2. The zero-order valence-corrected chi connectivity index (χ0v) is 16.2. The van der Waals surface area contributed by atoms with Crippen LogP contribution in [0.1, 0.15) is 22.5 Å². The molecule has 1 aromatic heterocycles. The molecule has 9 heteroatoms. The van der Waals surface area contributed by atoms with Crippen LogP contribution in [0.4, 0.5) is 5.69 Å². The third-order valence-electron chi connectivity index (χ3n) is 4.18. The van der Waals surface area contributed by atoms with Gasteiger partial charge in [-0.2, -0.15) is 4.31 Å². The van der Waals surface area contributed by atoms with Crippen LogP contribution in [-0.4, -0.2) is 45.9 Å². The number of anilines is 1. The highest BCUT2D eigenvalue weighted by Crippen LogP contribution is 2.32.